The lowest BCUT2D eigenvalue weighted by atomic mass is 9.90. The molecular formula is C25H29N7O. The van der Waals surface area contributed by atoms with E-state index in [2.05, 4.69) is 86.9 Å². The van der Waals surface area contributed by atoms with Crippen molar-refractivity contribution in [2.45, 2.75) is 45.3 Å². The molecule has 0 amide bonds. The molecule has 0 fully saturated rings. The topological polar surface area (TPSA) is 84.8 Å². The van der Waals surface area contributed by atoms with Gasteiger partial charge in [0.15, 0.2) is 5.82 Å². The molecule has 8 nitrogen and oxygen atoms in total. The van der Waals surface area contributed by atoms with Crippen molar-refractivity contribution >= 4 is 0 Å². The van der Waals surface area contributed by atoms with E-state index in [4.69, 9.17) is 4.74 Å². The van der Waals surface area contributed by atoms with Gasteiger partial charge in [-0.3, -0.25) is 10.00 Å². The van der Waals surface area contributed by atoms with Crippen LogP contribution in [-0.4, -0.2) is 48.5 Å². The third kappa shape index (κ3) is 4.02. The fourth-order valence-corrected chi connectivity index (χ4v) is 4.76. The van der Waals surface area contributed by atoms with Gasteiger partial charge in [-0.25, -0.2) is 4.68 Å². The maximum Gasteiger partial charge on any atom is 0.173 e. The summed E-state index contributed by atoms with van der Waals surface area (Å²) in [4.78, 5) is 2.49. The van der Waals surface area contributed by atoms with E-state index in [0.29, 0.717) is 12.5 Å². The minimum absolute atomic E-state index is 0.00404. The summed E-state index contributed by atoms with van der Waals surface area (Å²) < 4.78 is 7.59. The zero-order valence-electron chi connectivity index (χ0n) is 19.2. The van der Waals surface area contributed by atoms with Crippen LogP contribution >= 0.6 is 0 Å². The second-order valence-electron chi connectivity index (χ2n) is 8.60. The normalized spacial score (nSPS) is 17.2. The van der Waals surface area contributed by atoms with Crippen molar-refractivity contribution in [3.05, 3.63) is 89.0 Å². The highest BCUT2D eigenvalue weighted by Gasteiger charge is 2.38. The van der Waals surface area contributed by atoms with Crippen LogP contribution in [0.5, 0.6) is 5.75 Å². The van der Waals surface area contributed by atoms with Gasteiger partial charge in [0.25, 0.3) is 0 Å². The van der Waals surface area contributed by atoms with Gasteiger partial charge in [0.05, 0.1) is 30.9 Å². The molecule has 8 heteroatoms. The van der Waals surface area contributed by atoms with Gasteiger partial charge >= 0.3 is 0 Å². The zero-order chi connectivity index (χ0) is 22.8. The van der Waals surface area contributed by atoms with Crippen LogP contribution in [0.25, 0.3) is 0 Å². The van der Waals surface area contributed by atoms with E-state index in [-0.39, 0.29) is 12.1 Å². The zero-order valence-corrected chi connectivity index (χ0v) is 19.2. The Balaban J connectivity index is 1.65. The third-order valence-electron chi connectivity index (χ3n) is 6.20. The predicted octanol–water partition coefficient (Wildman–Crippen LogP) is 4.11. The molecule has 2 unspecified atom stereocenters. The van der Waals surface area contributed by atoms with E-state index >= 15 is 0 Å². The summed E-state index contributed by atoms with van der Waals surface area (Å²) in [5.41, 5.74) is 4.62. The molecule has 0 saturated heterocycles. The van der Waals surface area contributed by atoms with Crippen molar-refractivity contribution in [2.24, 2.45) is 0 Å². The molecule has 33 heavy (non-hydrogen) atoms. The fraction of sp³-hybridized carbons (Fsp3) is 0.360. The quantitative estimate of drug-likeness (QED) is 0.463. The van der Waals surface area contributed by atoms with E-state index in [9.17, 15) is 0 Å². The highest BCUT2D eigenvalue weighted by atomic mass is 16.5. The number of benzene rings is 2. The number of nitrogens with one attached hydrogen (secondary N) is 1. The number of H-pyrrole nitrogens is 1. The molecule has 3 heterocycles. The predicted molar refractivity (Wildman–Crippen MR) is 125 cm³/mol. The summed E-state index contributed by atoms with van der Waals surface area (Å²) in [5, 5.41) is 20.4. The van der Waals surface area contributed by atoms with Crippen LogP contribution in [0, 0.1) is 0 Å². The van der Waals surface area contributed by atoms with Gasteiger partial charge in [0.2, 0.25) is 0 Å². The van der Waals surface area contributed by atoms with Crippen LogP contribution in [0.3, 0.4) is 0 Å². The molecule has 0 radical (unpaired) electrons. The number of aromatic amines is 1. The molecule has 4 aromatic rings. The van der Waals surface area contributed by atoms with E-state index in [0.717, 1.165) is 35.9 Å². The summed E-state index contributed by atoms with van der Waals surface area (Å²) in [6.45, 7) is 8.53. The molecule has 1 N–H and O–H groups in total. The van der Waals surface area contributed by atoms with Crippen molar-refractivity contribution in [2.75, 3.05) is 13.2 Å². The molecule has 0 saturated carbocycles. The number of nitrogens with zero attached hydrogens (tertiary/aromatic N) is 6. The maximum atomic E-state index is 5.68. The number of fused-ring (bicyclic) bond motifs is 1. The number of rotatable bonds is 7. The molecule has 1 aliphatic heterocycles. The number of ether oxygens (including phenoxy) is 1. The first-order valence-corrected chi connectivity index (χ1v) is 11.5. The molecule has 5 rings (SSSR count). The van der Waals surface area contributed by atoms with Crippen LogP contribution in [0.1, 0.15) is 67.0 Å². The van der Waals surface area contributed by atoms with E-state index in [1.807, 2.05) is 29.9 Å². The highest BCUT2D eigenvalue weighted by molar-refractivity contribution is 5.38. The lowest BCUT2D eigenvalue weighted by Gasteiger charge is -2.41. The Morgan fingerprint density at radius 3 is 2.58 bits per heavy atom. The lowest BCUT2D eigenvalue weighted by Crippen LogP contribution is -2.42. The van der Waals surface area contributed by atoms with Crippen LogP contribution in [0.15, 0.2) is 60.8 Å². The van der Waals surface area contributed by atoms with Crippen LogP contribution < -0.4 is 4.74 Å². The van der Waals surface area contributed by atoms with Gasteiger partial charge in [-0.1, -0.05) is 56.3 Å². The number of tetrazole rings is 1. The van der Waals surface area contributed by atoms with E-state index < -0.39 is 0 Å². The SMILES string of the molecule is CCOc1ccc(C2c3nnnn3CCN2C(c2ccccc2)c2c[nH]nc2C(C)C)cc1. The Morgan fingerprint density at radius 2 is 1.85 bits per heavy atom. The van der Waals surface area contributed by atoms with Gasteiger partial charge in [-0.15, -0.1) is 5.10 Å². The fourth-order valence-electron chi connectivity index (χ4n) is 4.76. The molecular weight excluding hydrogens is 414 g/mol. The van der Waals surface area contributed by atoms with Gasteiger partial charge in [0, 0.05) is 18.3 Å². The molecule has 170 valence electrons. The van der Waals surface area contributed by atoms with Crippen molar-refractivity contribution < 1.29 is 4.74 Å². The van der Waals surface area contributed by atoms with Crippen LogP contribution in [0.4, 0.5) is 0 Å². The molecule has 2 aromatic carbocycles. The van der Waals surface area contributed by atoms with Gasteiger partial charge in [-0.05, 0) is 46.5 Å². The third-order valence-corrected chi connectivity index (χ3v) is 6.20. The van der Waals surface area contributed by atoms with Crippen molar-refractivity contribution in [3.63, 3.8) is 0 Å². The van der Waals surface area contributed by atoms with E-state index in [1.165, 1.54) is 11.1 Å². The average Bonchev–Trinajstić information content (AvgIpc) is 3.51. The van der Waals surface area contributed by atoms with Gasteiger partial charge < -0.3 is 4.74 Å². The first-order chi connectivity index (χ1) is 16.2. The summed E-state index contributed by atoms with van der Waals surface area (Å²) in [7, 11) is 0. The van der Waals surface area contributed by atoms with Crippen LogP contribution in [-0.2, 0) is 6.54 Å². The first-order valence-electron chi connectivity index (χ1n) is 11.5. The second-order valence-corrected chi connectivity index (χ2v) is 8.60. The minimum Gasteiger partial charge on any atom is -0.494 e. The molecule has 0 bridgehead atoms. The summed E-state index contributed by atoms with van der Waals surface area (Å²) >= 11 is 0. The monoisotopic (exact) mass is 443 g/mol. The maximum absolute atomic E-state index is 5.68. The van der Waals surface area contributed by atoms with E-state index in [1.54, 1.807) is 0 Å². The van der Waals surface area contributed by atoms with Crippen molar-refractivity contribution in [1.82, 2.24) is 35.3 Å². The summed E-state index contributed by atoms with van der Waals surface area (Å²) in [6, 6.07) is 18.8. The second kappa shape index (κ2) is 9.15. The summed E-state index contributed by atoms with van der Waals surface area (Å²) in [6.07, 6.45) is 2.04. The molecule has 0 spiro atoms. The Morgan fingerprint density at radius 1 is 1.06 bits per heavy atom. The molecule has 1 aliphatic rings. The minimum atomic E-state index is -0.107. The Kier molecular flexibility index (Phi) is 5.92. The first kappa shape index (κ1) is 21.3. The lowest BCUT2D eigenvalue weighted by molar-refractivity contribution is 0.134. The van der Waals surface area contributed by atoms with Gasteiger partial charge in [-0.2, -0.15) is 5.10 Å². The number of hydrogen-bond donors (Lipinski definition) is 1. The van der Waals surface area contributed by atoms with Crippen molar-refractivity contribution in [1.29, 1.82) is 0 Å². The standard InChI is InChI=1S/C25H29N7O/c1-4-33-20-12-10-19(11-13-20)24-25-28-29-30-32(25)15-14-31(24)23(18-8-6-5-7-9-18)21-16-26-27-22(21)17(2)3/h5-13,16-17,23-24H,4,14-15H2,1-3H3,(H,26,27). The highest BCUT2D eigenvalue weighted by Crippen LogP contribution is 2.41. The smallest absolute Gasteiger partial charge is 0.173 e. The Bertz CT molecular complexity index is 1180. The van der Waals surface area contributed by atoms with Crippen LogP contribution in [0.2, 0.25) is 0 Å². The molecule has 0 aliphatic carbocycles. The largest absolute Gasteiger partial charge is 0.494 e. The van der Waals surface area contributed by atoms with Gasteiger partial charge in [0.1, 0.15) is 5.75 Å². The average molecular weight is 444 g/mol. The Labute approximate surface area is 193 Å². The molecule has 2 aromatic heterocycles. The number of aromatic nitrogens is 6. The Hall–Kier alpha value is -3.52. The molecule has 2 atom stereocenters. The summed E-state index contributed by atoms with van der Waals surface area (Å²) in [5.74, 6) is 2.01. The van der Waals surface area contributed by atoms with Crippen molar-refractivity contribution in [3.8, 4) is 5.75 Å². The number of hydrogen-bond acceptors (Lipinski definition) is 6.